The van der Waals surface area contributed by atoms with Crippen LogP contribution in [0.4, 0.5) is 11.5 Å². The molecule has 0 amide bonds. The number of hydrogen-bond donors (Lipinski definition) is 3. The monoisotopic (exact) mass is 407 g/mol. The van der Waals surface area contributed by atoms with Crippen molar-refractivity contribution in [2.24, 2.45) is 0 Å². The lowest BCUT2D eigenvalue weighted by Crippen LogP contribution is -2.28. The first-order chi connectivity index (χ1) is 14.5. The number of aryl methyl sites for hydroxylation is 1. The number of para-hydroxylation sites is 1. The second kappa shape index (κ2) is 8.79. The molecule has 30 heavy (non-hydrogen) atoms. The summed E-state index contributed by atoms with van der Waals surface area (Å²) in [4.78, 5) is 16.8. The number of hydrogen-bond acceptors (Lipinski definition) is 6. The number of nitrogens with zero attached hydrogens (tertiary/aromatic N) is 2. The van der Waals surface area contributed by atoms with Crippen molar-refractivity contribution in [2.45, 2.75) is 38.2 Å². The summed E-state index contributed by atoms with van der Waals surface area (Å²) in [5.74, 6) is 0.481. The normalized spacial score (nSPS) is 21.0. The SMILES string of the molecule is Cc1cn([C@H]2C[C@H](O)[C@@H](CO)O2)c(=O)nc1Nc1ccccc1Cc1ccccc1. The molecule has 156 valence electrons. The molecule has 0 radical (unpaired) electrons. The van der Waals surface area contributed by atoms with Gasteiger partial charge in [-0.3, -0.25) is 4.57 Å². The van der Waals surface area contributed by atoms with Gasteiger partial charge in [-0.15, -0.1) is 0 Å². The van der Waals surface area contributed by atoms with Gasteiger partial charge in [0.1, 0.15) is 18.1 Å². The van der Waals surface area contributed by atoms with Crippen LogP contribution in [0, 0.1) is 6.92 Å². The Kier molecular flexibility index (Phi) is 5.94. The van der Waals surface area contributed by atoms with Gasteiger partial charge in [0.2, 0.25) is 0 Å². The van der Waals surface area contributed by atoms with E-state index in [1.54, 1.807) is 6.20 Å². The van der Waals surface area contributed by atoms with Gasteiger partial charge in [0.15, 0.2) is 0 Å². The molecule has 1 aromatic heterocycles. The summed E-state index contributed by atoms with van der Waals surface area (Å²) in [6.07, 6.45) is 0.527. The number of ether oxygens (including phenoxy) is 1. The zero-order valence-electron chi connectivity index (χ0n) is 16.7. The fraction of sp³-hybridized carbons (Fsp3) is 0.304. The largest absolute Gasteiger partial charge is 0.394 e. The second-order valence-electron chi connectivity index (χ2n) is 7.52. The van der Waals surface area contributed by atoms with E-state index in [9.17, 15) is 15.0 Å². The molecule has 3 aromatic rings. The lowest BCUT2D eigenvalue weighted by Gasteiger charge is -2.17. The molecule has 1 aliphatic rings. The van der Waals surface area contributed by atoms with Gasteiger partial charge in [0.25, 0.3) is 0 Å². The Morgan fingerprint density at radius 2 is 1.90 bits per heavy atom. The van der Waals surface area contributed by atoms with E-state index in [0.29, 0.717) is 5.82 Å². The molecule has 4 rings (SSSR count). The minimum absolute atomic E-state index is 0.235. The number of aromatic nitrogens is 2. The Labute approximate surface area is 174 Å². The molecular formula is C23H25N3O4. The highest BCUT2D eigenvalue weighted by Gasteiger charge is 2.35. The molecule has 0 saturated carbocycles. The first-order valence-electron chi connectivity index (χ1n) is 9.98. The summed E-state index contributed by atoms with van der Waals surface area (Å²) < 4.78 is 6.96. The van der Waals surface area contributed by atoms with Gasteiger partial charge < -0.3 is 20.3 Å². The highest BCUT2D eigenvalue weighted by Crippen LogP contribution is 2.29. The van der Waals surface area contributed by atoms with Crippen molar-refractivity contribution in [3.63, 3.8) is 0 Å². The maximum atomic E-state index is 12.6. The molecule has 0 aliphatic carbocycles. The maximum Gasteiger partial charge on any atom is 0.351 e. The molecule has 1 saturated heterocycles. The number of aliphatic hydroxyl groups excluding tert-OH is 2. The number of aliphatic hydroxyl groups is 2. The van der Waals surface area contributed by atoms with E-state index in [-0.39, 0.29) is 13.0 Å². The van der Waals surface area contributed by atoms with E-state index in [1.165, 1.54) is 10.1 Å². The molecule has 3 atom stereocenters. The zero-order chi connectivity index (χ0) is 21.1. The predicted molar refractivity (Wildman–Crippen MR) is 114 cm³/mol. The first-order valence-corrected chi connectivity index (χ1v) is 9.98. The minimum atomic E-state index is -0.810. The van der Waals surface area contributed by atoms with Crippen LogP contribution in [0.2, 0.25) is 0 Å². The highest BCUT2D eigenvalue weighted by molar-refractivity contribution is 5.63. The molecule has 7 nitrogen and oxygen atoms in total. The van der Waals surface area contributed by atoms with Crippen molar-refractivity contribution in [2.75, 3.05) is 11.9 Å². The van der Waals surface area contributed by atoms with Gasteiger partial charge in [-0.05, 0) is 30.5 Å². The van der Waals surface area contributed by atoms with Crippen molar-refractivity contribution in [3.8, 4) is 0 Å². The van der Waals surface area contributed by atoms with Gasteiger partial charge in [0, 0.05) is 23.9 Å². The standard InChI is InChI=1S/C23H25N3O4/c1-15-13-26(21-12-19(28)20(14-27)30-21)23(29)25-22(15)24-18-10-6-5-9-17(18)11-16-7-3-2-4-8-16/h2-10,13,19-21,27-28H,11-12,14H2,1H3,(H,24,25,29)/t19-,20+,21+/m0/s1. The van der Waals surface area contributed by atoms with Crippen molar-refractivity contribution in [1.29, 1.82) is 0 Å². The Balaban J connectivity index is 1.58. The maximum absolute atomic E-state index is 12.6. The third-order valence-electron chi connectivity index (χ3n) is 5.34. The summed E-state index contributed by atoms with van der Waals surface area (Å²) >= 11 is 0. The van der Waals surface area contributed by atoms with Crippen molar-refractivity contribution in [3.05, 3.63) is 88.0 Å². The number of rotatable bonds is 6. The van der Waals surface area contributed by atoms with Gasteiger partial charge in [-0.1, -0.05) is 48.5 Å². The fourth-order valence-corrected chi connectivity index (χ4v) is 3.69. The van der Waals surface area contributed by atoms with Crippen LogP contribution in [-0.4, -0.2) is 38.6 Å². The van der Waals surface area contributed by atoms with Crippen LogP contribution in [0.15, 0.2) is 65.6 Å². The van der Waals surface area contributed by atoms with E-state index in [1.807, 2.05) is 43.3 Å². The lowest BCUT2D eigenvalue weighted by molar-refractivity contribution is -0.0459. The molecule has 3 N–H and O–H groups in total. The van der Waals surface area contributed by atoms with Gasteiger partial charge in [-0.2, -0.15) is 4.98 Å². The van der Waals surface area contributed by atoms with Crippen LogP contribution in [0.5, 0.6) is 0 Å². The fourth-order valence-electron chi connectivity index (χ4n) is 3.69. The minimum Gasteiger partial charge on any atom is -0.394 e. The predicted octanol–water partition coefficient (Wildman–Crippen LogP) is 2.53. The molecule has 7 heteroatoms. The molecular weight excluding hydrogens is 382 g/mol. The Bertz CT molecular complexity index is 1070. The smallest absolute Gasteiger partial charge is 0.351 e. The second-order valence-corrected chi connectivity index (χ2v) is 7.52. The van der Waals surface area contributed by atoms with Crippen LogP contribution in [0.3, 0.4) is 0 Å². The number of benzene rings is 2. The van der Waals surface area contributed by atoms with Gasteiger partial charge in [0.05, 0.1) is 12.7 Å². The molecule has 0 bridgehead atoms. The highest BCUT2D eigenvalue weighted by atomic mass is 16.5. The van der Waals surface area contributed by atoms with Crippen LogP contribution in [0.1, 0.15) is 29.3 Å². The van der Waals surface area contributed by atoms with Gasteiger partial charge in [-0.25, -0.2) is 4.79 Å². The van der Waals surface area contributed by atoms with E-state index in [2.05, 4.69) is 28.5 Å². The third-order valence-corrected chi connectivity index (χ3v) is 5.34. The van der Waals surface area contributed by atoms with E-state index < -0.39 is 24.1 Å². The van der Waals surface area contributed by atoms with E-state index >= 15 is 0 Å². The Morgan fingerprint density at radius 3 is 2.63 bits per heavy atom. The molecule has 2 heterocycles. The summed E-state index contributed by atoms with van der Waals surface area (Å²) in [5.41, 5.74) is 3.49. The van der Waals surface area contributed by atoms with Crippen molar-refractivity contribution < 1.29 is 14.9 Å². The third kappa shape index (κ3) is 4.28. The van der Waals surface area contributed by atoms with Crippen LogP contribution < -0.4 is 11.0 Å². The zero-order valence-corrected chi connectivity index (χ0v) is 16.7. The quantitative estimate of drug-likeness (QED) is 0.581. The number of anilines is 2. The average molecular weight is 407 g/mol. The lowest BCUT2D eigenvalue weighted by atomic mass is 10.0. The summed E-state index contributed by atoms with van der Waals surface area (Å²) in [7, 11) is 0. The molecule has 0 unspecified atom stereocenters. The van der Waals surface area contributed by atoms with Crippen LogP contribution >= 0.6 is 0 Å². The molecule has 1 aliphatic heterocycles. The van der Waals surface area contributed by atoms with Crippen molar-refractivity contribution >= 4 is 11.5 Å². The summed E-state index contributed by atoms with van der Waals surface area (Å²) in [6, 6.07) is 18.1. The summed E-state index contributed by atoms with van der Waals surface area (Å²) in [5, 5.41) is 22.5. The van der Waals surface area contributed by atoms with Crippen molar-refractivity contribution in [1.82, 2.24) is 9.55 Å². The summed E-state index contributed by atoms with van der Waals surface area (Å²) in [6.45, 7) is 1.57. The topological polar surface area (TPSA) is 96.6 Å². The van der Waals surface area contributed by atoms with Gasteiger partial charge >= 0.3 is 5.69 Å². The molecule has 2 aromatic carbocycles. The number of nitrogens with one attached hydrogen (secondary N) is 1. The average Bonchev–Trinajstić information content (AvgIpc) is 3.13. The Morgan fingerprint density at radius 1 is 1.17 bits per heavy atom. The van der Waals surface area contributed by atoms with E-state index in [4.69, 9.17) is 4.74 Å². The van der Waals surface area contributed by atoms with Crippen LogP contribution in [-0.2, 0) is 11.2 Å². The molecule has 1 fully saturated rings. The van der Waals surface area contributed by atoms with Crippen LogP contribution in [0.25, 0.3) is 0 Å². The first kappa shape index (κ1) is 20.3. The molecule has 0 spiro atoms. The Hall–Kier alpha value is -3.00. The van der Waals surface area contributed by atoms with E-state index in [0.717, 1.165) is 23.2 Å².